The van der Waals surface area contributed by atoms with E-state index in [1.54, 1.807) is 29.5 Å². The quantitative estimate of drug-likeness (QED) is 0.766. The molecular weight excluding hydrogens is 366 g/mol. The molecule has 27 heavy (non-hydrogen) atoms. The molecule has 4 rings (SSSR count). The number of hydrogen-bond donors (Lipinski definition) is 2. The van der Waals surface area contributed by atoms with Gasteiger partial charge in [0, 0.05) is 23.4 Å². The van der Waals surface area contributed by atoms with Crippen LogP contribution >= 0.6 is 11.3 Å². The monoisotopic (exact) mass is 385 g/mol. The van der Waals surface area contributed by atoms with E-state index in [1.165, 1.54) is 4.88 Å². The zero-order valence-electron chi connectivity index (χ0n) is 14.6. The van der Waals surface area contributed by atoms with E-state index in [0.29, 0.717) is 30.9 Å². The number of urea groups is 1. The minimum Gasteiger partial charge on any atom is -0.493 e. The highest BCUT2D eigenvalue weighted by molar-refractivity contribution is 7.09. The summed E-state index contributed by atoms with van der Waals surface area (Å²) in [6.07, 6.45) is 1.06. The van der Waals surface area contributed by atoms with E-state index in [4.69, 9.17) is 4.74 Å². The van der Waals surface area contributed by atoms with Crippen LogP contribution in [0.5, 0.6) is 5.75 Å². The van der Waals surface area contributed by atoms with E-state index in [9.17, 15) is 14.4 Å². The van der Waals surface area contributed by atoms with Gasteiger partial charge in [-0.2, -0.15) is 0 Å². The number of imide groups is 1. The molecule has 0 aliphatic carbocycles. The first-order chi connectivity index (χ1) is 13.1. The topological polar surface area (TPSA) is 87.7 Å². The fourth-order valence-corrected chi connectivity index (χ4v) is 4.20. The summed E-state index contributed by atoms with van der Waals surface area (Å²) in [6, 6.07) is 10.6. The van der Waals surface area contributed by atoms with Crippen LogP contribution < -0.4 is 15.4 Å². The number of fused-ring (bicyclic) bond motifs is 2. The minimum atomic E-state index is -1.15. The van der Waals surface area contributed by atoms with Crippen LogP contribution in [0.25, 0.3) is 0 Å². The maximum absolute atomic E-state index is 13.1. The fraction of sp³-hybridized carbons (Fsp3) is 0.316. The van der Waals surface area contributed by atoms with Crippen molar-refractivity contribution in [1.29, 1.82) is 0 Å². The summed E-state index contributed by atoms with van der Waals surface area (Å²) in [5.41, 5.74) is -0.515. The second-order valence-electron chi connectivity index (χ2n) is 6.50. The van der Waals surface area contributed by atoms with Gasteiger partial charge in [-0.25, -0.2) is 4.79 Å². The molecule has 1 aromatic heterocycles. The van der Waals surface area contributed by atoms with Gasteiger partial charge in [-0.3, -0.25) is 14.5 Å². The summed E-state index contributed by atoms with van der Waals surface area (Å²) in [7, 11) is 0. The Labute approximate surface area is 160 Å². The molecule has 2 aliphatic rings. The predicted molar refractivity (Wildman–Crippen MR) is 99.5 cm³/mol. The van der Waals surface area contributed by atoms with Crippen LogP contribution in [0.15, 0.2) is 41.8 Å². The third kappa shape index (κ3) is 3.16. The van der Waals surface area contributed by atoms with Crippen LogP contribution in [0.1, 0.15) is 16.9 Å². The third-order valence-electron chi connectivity index (χ3n) is 4.83. The number of ether oxygens (including phenoxy) is 1. The van der Waals surface area contributed by atoms with Gasteiger partial charge in [-0.1, -0.05) is 24.3 Å². The van der Waals surface area contributed by atoms with E-state index in [0.717, 1.165) is 11.3 Å². The SMILES string of the molecule is O=C(CN1C(=O)NC2(CCOc3ccccc32)C1=O)NCCc1cccs1. The third-order valence-corrected chi connectivity index (χ3v) is 5.77. The molecule has 1 saturated heterocycles. The van der Waals surface area contributed by atoms with Crippen molar-refractivity contribution < 1.29 is 19.1 Å². The van der Waals surface area contributed by atoms with Crippen LogP contribution in [0.3, 0.4) is 0 Å². The molecule has 2 aromatic rings. The van der Waals surface area contributed by atoms with Gasteiger partial charge in [-0.05, 0) is 23.9 Å². The van der Waals surface area contributed by atoms with Crippen molar-refractivity contribution in [1.82, 2.24) is 15.5 Å². The summed E-state index contributed by atoms with van der Waals surface area (Å²) in [4.78, 5) is 39.9. The summed E-state index contributed by atoms with van der Waals surface area (Å²) in [5, 5.41) is 7.54. The van der Waals surface area contributed by atoms with Gasteiger partial charge in [-0.15, -0.1) is 11.3 Å². The number of nitrogens with one attached hydrogen (secondary N) is 2. The van der Waals surface area contributed by atoms with Gasteiger partial charge in [0.05, 0.1) is 6.61 Å². The molecule has 0 radical (unpaired) electrons. The molecule has 1 spiro atoms. The normalized spacial score (nSPS) is 21.0. The number of carbonyl (C=O) groups is 3. The first kappa shape index (κ1) is 17.5. The Bertz CT molecular complexity index is 883. The molecule has 4 amide bonds. The Morgan fingerprint density at radius 1 is 1.26 bits per heavy atom. The van der Waals surface area contributed by atoms with E-state index in [2.05, 4.69) is 10.6 Å². The highest BCUT2D eigenvalue weighted by Gasteiger charge is 2.55. The number of hydrogen-bond acceptors (Lipinski definition) is 5. The lowest BCUT2D eigenvalue weighted by molar-refractivity contribution is -0.136. The Kier molecular flexibility index (Phi) is 4.57. The smallest absolute Gasteiger partial charge is 0.325 e. The molecule has 0 saturated carbocycles. The average Bonchev–Trinajstić information content (AvgIpc) is 3.26. The van der Waals surface area contributed by atoms with E-state index in [-0.39, 0.29) is 12.5 Å². The van der Waals surface area contributed by atoms with Gasteiger partial charge < -0.3 is 15.4 Å². The van der Waals surface area contributed by atoms with Gasteiger partial charge in [0.15, 0.2) is 5.54 Å². The van der Waals surface area contributed by atoms with Crippen molar-refractivity contribution in [2.75, 3.05) is 19.7 Å². The summed E-state index contributed by atoms with van der Waals surface area (Å²) >= 11 is 1.62. The minimum absolute atomic E-state index is 0.292. The maximum atomic E-state index is 13.1. The van der Waals surface area contributed by atoms with E-state index < -0.39 is 17.5 Å². The molecule has 0 bridgehead atoms. The molecule has 7 nitrogen and oxygen atoms in total. The second kappa shape index (κ2) is 7.03. The predicted octanol–water partition coefficient (Wildman–Crippen LogP) is 1.64. The van der Waals surface area contributed by atoms with Crippen molar-refractivity contribution in [3.8, 4) is 5.75 Å². The first-order valence-electron chi connectivity index (χ1n) is 8.76. The lowest BCUT2D eigenvalue weighted by Crippen LogP contribution is -2.48. The van der Waals surface area contributed by atoms with Crippen molar-refractivity contribution in [3.63, 3.8) is 0 Å². The molecule has 1 atom stereocenters. The number of amides is 4. The number of benzene rings is 1. The highest BCUT2D eigenvalue weighted by atomic mass is 32.1. The molecular formula is C19H19N3O4S. The summed E-state index contributed by atoms with van der Waals surface area (Å²) < 4.78 is 5.60. The van der Waals surface area contributed by atoms with Gasteiger partial charge >= 0.3 is 6.03 Å². The van der Waals surface area contributed by atoms with Crippen LogP contribution in [-0.4, -0.2) is 42.4 Å². The molecule has 2 aliphatic heterocycles. The molecule has 1 fully saturated rings. The van der Waals surface area contributed by atoms with Crippen molar-refractivity contribution >= 4 is 29.2 Å². The standard InChI is InChI=1S/C19H19N3O4S/c23-16(20-9-7-13-4-3-11-27-13)12-22-17(24)19(21-18(22)25)8-10-26-15-6-2-1-5-14(15)19/h1-6,11H,7-10,12H2,(H,20,23)(H,21,25). The van der Waals surface area contributed by atoms with E-state index in [1.807, 2.05) is 23.6 Å². The Hall–Kier alpha value is -2.87. The summed E-state index contributed by atoms with van der Waals surface area (Å²) in [6.45, 7) is 0.495. The second-order valence-corrected chi connectivity index (χ2v) is 7.53. The number of thiophene rings is 1. The zero-order chi connectivity index (χ0) is 18.9. The Morgan fingerprint density at radius 2 is 2.11 bits per heavy atom. The molecule has 2 N–H and O–H groups in total. The molecule has 8 heteroatoms. The first-order valence-corrected chi connectivity index (χ1v) is 9.63. The number of carbonyl (C=O) groups excluding carboxylic acids is 3. The lowest BCUT2D eigenvalue weighted by atomic mass is 9.84. The average molecular weight is 385 g/mol. The van der Waals surface area contributed by atoms with Crippen LogP contribution in [0.2, 0.25) is 0 Å². The lowest BCUT2D eigenvalue weighted by Gasteiger charge is -2.33. The van der Waals surface area contributed by atoms with Gasteiger partial charge in [0.25, 0.3) is 5.91 Å². The highest BCUT2D eigenvalue weighted by Crippen LogP contribution is 2.40. The van der Waals surface area contributed by atoms with Crippen molar-refractivity contribution in [3.05, 3.63) is 52.2 Å². The fourth-order valence-electron chi connectivity index (χ4n) is 3.49. The Morgan fingerprint density at radius 3 is 2.93 bits per heavy atom. The van der Waals surface area contributed by atoms with Gasteiger partial charge in [0.2, 0.25) is 5.91 Å². The molecule has 3 heterocycles. The number of nitrogens with zero attached hydrogens (tertiary/aromatic N) is 1. The largest absolute Gasteiger partial charge is 0.493 e. The maximum Gasteiger partial charge on any atom is 0.325 e. The van der Waals surface area contributed by atoms with Gasteiger partial charge in [0.1, 0.15) is 12.3 Å². The molecule has 1 aromatic carbocycles. The van der Waals surface area contributed by atoms with Crippen molar-refractivity contribution in [2.45, 2.75) is 18.4 Å². The van der Waals surface area contributed by atoms with Crippen LogP contribution in [-0.2, 0) is 21.5 Å². The van der Waals surface area contributed by atoms with E-state index >= 15 is 0 Å². The zero-order valence-corrected chi connectivity index (χ0v) is 15.4. The number of rotatable bonds is 5. The number of para-hydroxylation sites is 1. The van der Waals surface area contributed by atoms with Crippen LogP contribution in [0.4, 0.5) is 4.79 Å². The summed E-state index contributed by atoms with van der Waals surface area (Å²) in [5.74, 6) is -0.177. The van der Waals surface area contributed by atoms with Crippen molar-refractivity contribution in [2.24, 2.45) is 0 Å². The Balaban J connectivity index is 1.44. The molecule has 1 unspecified atom stereocenters. The van der Waals surface area contributed by atoms with Crippen LogP contribution in [0, 0.1) is 0 Å². The molecule has 140 valence electrons.